The van der Waals surface area contributed by atoms with Crippen molar-refractivity contribution in [2.24, 2.45) is 5.92 Å². The van der Waals surface area contributed by atoms with Crippen molar-refractivity contribution in [3.63, 3.8) is 0 Å². The van der Waals surface area contributed by atoms with Gasteiger partial charge in [-0.25, -0.2) is 4.39 Å². The quantitative estimate of drug-likeness (QED) is 0.865. The highest BCUT2D eigenvalue weighted by Gasteiger charge is 2.27. The summed E-state index contributed by atoms with van der Waals surface area (Å²) in [6.45, 7) is 3.25. The van der Waals surface area contributed by atoms with E-state index < -0.39 is 0 Å². The summed E-state index contributed by atoms with van der Waals surface area (Å²) in [7, 11) is 0. The van der Waals surface area contributed by atoms with Gasteiger partial charge >= 0.3 is 0 Å². The molecular weight excluding hydrogens is 233 g/mol. The van der Waals surface area contributed by atoms with E-state index >= 15 is 0 Å². The van der Waals surface area contributed by atoms with Crippen molar-refractivity contribution in [1.29, 1.82) is 0 Å². The number of rotatable bonds is 5. The minimum atomic E-state index is -0.0568. The molecule has 3 heteroatoms. The van der Waals surface area contributed by atoms with Gasteiger partial charge in [0.05, 0.1) is 0 Å². The number of nitrogens with one attached hydrogen (secondary N) is 1. The molecule has 1 N–H and O–H groups in total. The van der Waals surface area contributed by atoms with E-state index in [9.17, 15) is 4.39 Å². The predicted octanol–water partition coefficient (Wildman–Crippen LogP) is 3.10. The van der Waals surface area contributed by atoms with Crippen molar-refractivity contribution in [1.82, 2.24) is 5.32 Å². The first-order valence-corrected chi connectivity index (χ1v) is 7.51. The van der Waals surface area contributed by atoms with Gasteiger partial charge in [-0.1, -0.05) is 25.1 Å². The Bertz CT molecular complexity index is 356. The zero-order valence-electron chi connectivity index (χ0n) is 10.3. The lowest BCUT2D eigenvalue weighted by Gasteiger charge is -2.20. The number of benzene rings is 1. The Morgan fingerprint density at radius 1 is 1.35 bits per heavy atom. The van der Waals surface area contributed by atoms with Crippen LogP contribution in [0.3, 0.4) is 0 Å². The van der Waals surface area contributed by atoms with E-state index in [0.29, 0.717) is 12.0 Å². The molecule has 0 aliphatic carbocycles. The minimum Gasteiger partial charge on any atom is -0.313 e. The first kappa shape index (κ1) is 12.9. The molecule has 1 saturated heterocycles. The maximum absolute atomic E-state index is 13.6. The standard InChI is InChI=1S/C14H20FNS/c1-2-7-16-14-10-17-9-12(14)8-11-5-3-4-6-13(11)15/h3-6,12,14,16H,2,7-10H2,1H3. The second-order valence-electron chi connectivity index (χ2n) is 4.65. The van der Waals surface area contributed by atoms with Gasteiger partial charge in [-0.15, -0.1) is 0 Å². The normalized spacial score (nSPS) is 24.1. The van der Waals surface area contributed by atoms with Crippen LogP contribution in [0.1, 0.15) is 18.9 Å². The molecule has 1 nitrogen and oxygen atoms in total. The van der Waals surface area contributed by atoms with E-state index in [2.05, 4.69) is 12.2 Å². The van der Waals surface area contributed by atoms with Crippen molar-refractivity contribution in [3.8, 4) is 0 Å². The zero-order chi connectivity index (χ0) is 12.1. The summed E-state index contributed by atoms with van der Waals surface area (Å²) in [5.41, 5.74) is 0.864. The fourth-order valence-electron chi connectivity index (χ4n) is 2.30. The summed E-state index contributed by atoms with van der Waals surface area (Å²) in [5, 5.41) is 3.58. The molecule has 94 valence electrons. The first-order chi connectivity index (χ1) is 8.31. The van der Waals surface area contributed by atoms with Crippen LogP contribution in [0, 0.1) is 11.7 Å². The molecular formula is C14H20FNS. The highest BCUT2D eigenvalue weighted by molar-refractivity contribution is 7.99. The van der Waals surface area contributed by atoms with E-state index in [-0.39, 0.29) is 5.82 Å². The molecule has 2 rings (SSSR count). The van der Waals surface area contributed by atoms with Gasteiger partial charge in [0.2, 0.25) is 0 Å². The topological polar surface area (TPSA) is 12.0 Å². The highest BCUT2D eigenvalue weighted by atomic mass is 32.2. The van der Waals surface area contributed by atoms with Gasteiger partial charge in [-0.2, -0.15) is 11.8 Å². The van der Waals surface area contributed by atoms with Gasteiger partial charge in [-0.3, -0.25) is 0 Å². The molecule has 2 unspecified atom stereocenters. The van der Waals surface area contributed by atoms with Crippen LogP contribution in [0.25, 0.3) is 0 Å². The number of hydrogen-bond donors (Lipinski definition) is 1. The van der Waals surface area contributed by atoms with Crippen molar-refractivity contribution in [2.75, 3.05) is 18.1 Å². The third-order valence-corrected chi connectivity index (χ3v) is 4.55. The van der Waals surface area contributed by atoms with Crippen LogP contribution >= 0.6 is 11.8 Å². The molecule has 2 atom stereocenters. The second-order valence-corrected chi connectivity index (χ2v) is 5.73. The van der Waals surface area contributed by atoms with Crippen molar-refractivity contribution < 1.29 is 4.39 Å². The van der Waals surface area contributed by atoms with Gasteiger partial charge in [-0.05, 0) is 42.7 Å². The lowest BCUT2D eigenvalue weighted by atomic mass is 9.94. The monoisotopic (exact) mass is 253 g/mol. The Labute approximate surface area is 107 Å². The molecule has 0 aromatic heterocycles. The Morgan fingerprint density at radius 2 is 2.18 bits per heavy atom. The van der Waals surface area contributed by atoms with Crippen molar-refractivity contribution in [3.05, 3.63) is 35.6 Å². The zero-order valence-corrected chi connectivity index (χ0v) is 11.1. The molecule has 1 aliphatic rings. The Balaban J connectivity index is 1.95. The van der Waals surface area contributed by atoms with Crippen LogP contribution in [0.4, 0.5) is 4.39 Å². The van der Waals surface area contributed by atoms with Crippen LogP contribution in [-0.2, 0) is 6.42 Å². The first-order valence-electron chi connectivity index (χ1n) is 6.35. The lowest BCUT2D eigenvalue weighted by molar-refractivity contribution is 0.419. The predicted molar refractivity (Wildman–Crippen MR) is 73.0 cm³/mol. The lowest BCUT2D eigenvalue weighted by Crippen LogP contribution is -2.36. The van der Waals surface area contributed by atoms with E-state index in [1.807, 2.05) is 23.9 Å². The molecule has 1 aromatic carbocycles. The molecule has 1 fully saturated rings. The molecule has 1 aliphatic heterocycles. The molecule has 0 spiro atoms. The molecule has 0 amide bonds. The average Bonchev–Trinajstić information content (AvgIpc) is 2.77. The summed E-state index contributed by atoms with van der Waals surface area (Å²) in [6, 6.07) is 7.71. The van der Waals surface area contributed by atoms with E-state index in [0.717, 1.165) is 30.7 Å². The molecule has 0 saturated carbocycles. The van der Waals surface area contributed by atoms with Gasteiger partial charge in [0.1, 0.15) is 5.82 Å². The minimum absolute atomic E-state index is 0.0568. The Morgan fingerprint density at radius 3 is 2.94 bits per heavy atom. The van der Waals surface area contributed by atoms with Crippen LogP contribution in [0.5, 0.6) is 0 Å². The maximum Gasteiger partial charge on any atom is 0.126 e. The van der Waals surface area contributed by atoms with Gasteiger partial charge in [0.15, 0.2) is 0 Å². The van der Waals surface area contributed by atoms with Crippen molar-refractivity contribution >= 4 is 11.8 Å². The molecule has 0 bridgehead atoms. The molecule has 0 radical (unpaired) electrons. The summed E-state index contributed by atoms with van der Waals surface area (Å²) in [4.78, 5) is 0. The SMILES string of the molecule is CCCNC1CSCC1Cc1ccccc1F. The van der Waals surface area contributed by atoms with Gasteiger partial charge < -0.3 is 5.32 Å². The largest absolute Gasteiger partial charge is 0.313 e. The summed E-state index contributed by atoms with van der Waals surface area (Å²) in [5.74, 6) is 2.83. The summed E-state index contributed by atoms with van der Waals surface area (Å²) >= 11 is 1.98. The second kappa shape index (κ2) is 6.41. The third-order valence-electron chi connectivity index (χ3n) is 3.29. The smallest absolute Gasteiger partial charge is 0.126 e. The summed E-state index contributed by atoms with van der Waals surface area (Å²) < 4.78 is 13.6. The van der Waals surface area contributed by atoms with Crippen molar-refractivity contribution in [2.45, 2.75) is 25.8 Å². The van der Waals surface area contributed by atoms with Gasteiger partial charge in [0, 0.05) is 11.8 Å². The Hall–Kier alpha value is -0.540. The number of hydrogen-bond acceptors (Lipinski definition) is 2. The fraction of sp³-hybridized carbons (Fsp3) is 0.571. The van der Waals surface area contributed by atoms with E-state index in [4.69, 9.17) is 0 Å². The van der Waals surface area contributed by atoms with Crippen LogP contribution in [-0.4, -0.2) is 24.1 Å². The number of halogens is 1. The fourth-order valence-corrected chi connectivity index (χ4v) is 3.73. The van der Waals surface area contributed by atoms with Gasteiger partial charge in [0.25, 0.3) is 0 Å². The summed E-state index contributed by atoms with van der Waals surface area (Å²) in [6.07, 6.45) is 2.02. The third kappa shape index (κ3) is 3.46. The molecule has 1 heterocycles. The van der Waals surface area contributed by atoms with Crippen LogP contribution in [0.15, 0.2) is 24.3 Å². The van der Waals surface area contributed by atoms with E-state index in [1.165, 1.54) is 5.75 Å². The maximum atomic E-state index is 13.6. The highest BCUT2D eigenvalue weighted by Crippen LogP contribution is 2.28. The molecule has 1 aromatic rings. The average molecular weight is 253 g/mol. The Kier molecular flexibility index (Phi) is 4.86. The molecule has 17 heavy (non-hydrogen) atoms. The number of thioether (sulfide) groups is 1. The van der Waals surface area contributed by atoms with Crippen LogP contribution < -0.4 is 5.32 Å². The van der Waals surface area contributed by atoms with Crippen LogP contribution in [0.2, 0.25) is 0 Å². The van der Waals surface area contributed by atoms with E-state index in [1.54, 1.807) is 12.1 Å².